The molecule has 0 saturated heterocycles. The minimum atomic E-state index is -0.368. The summed E-state index contributed by atoms with van der Waals surface area (Å²) in [5.41, 5.74) is 5.38. The Morgan fingerprint density at radius 1 is 1.48 bits per heavy atom. The zero-order valence-electron chi connectivity index (χ0n) is 12.8. The summed E-state index contributed by atoms with van der Waals surface area (Å²) in [5, 5.41) is 4.10. The van der Waals surface area contributed by atoms with E-state index >= 15 is 0 Å². The van der Waals surface area contributed by atoms with Crippen molar-refractivity contribution in [3.63, 3.8) is 0 Å². The van der Waals surface area contributed by atoms with Crippen molar-refractivity contribution in [2.24, 2.45) is 5.73 Å². The van der Waals surface area contributed by atoms with Gasteiger partial charge < -0.3 is 16.0 Å². The predicted molar refractivity (Wildman–Crippen MR) is 88.0 cm³/mol. The highest BCUT2D eigenvalue weighted by molar-refractivity contribution is 7.18. The Morgan fingerprint density at radius 3 is 2.76 bits per heavy atom. The van der Waals surface area contributed by atoms with E-state index in [1.54, 1.807) is 11.3 Å². The summed E-state index contributed by atoms with van der Waals surface area (Å²) in [5.74, 6) is 0.971. The second-order valence-corrected chi connectivity index (χ2v) is 6.40. The number of amides is 1. The standard InChI is InChI=1S/C14H21N5OS/c1-5-16-14-17-12(19(8(2)3)7-11(15)20)10-6-9(4)21-13(10)18-14/h6,8H,5,7H2,1-4H3,(H2,15,20)(H,16,17,18). The van der Waals surface area contributed by atoms with Crippen LogP contribution in [0, 0.1) is 6.92 Å². The van der Waals surface area contributed by atoms with Crippen molar-refractivity contribution in [3.8, 4) is 0 Å². The van der Waals surface area contributed by atoms with Crippen molar-refractivity contribution in [2.75, 3.05) is 23.3 Å². The summed E-state index contributed by atoms with van der Waals surface area (Å²) in [7, 11) is 0. The van der Waals surface area contributed by atoms with E-state index in [2.05, 4.69) is 21.4 Å². The van der Waals surface area contributed by atoms with Crippen LogP contribution < -0.4 is 16.0 Å². The van der Waals surface area contributed by atoms with Crippen LogP contribution in [-0.4, -0.2) is 35.0 Å². The van der Waals surface area contributed by atoms with E-state index in [0.717, 1.165) is 27.5 Å². The fourth-order valence-electron chi connectivity index (χ4n) is 2.15. The molecule has 0 spiro atoms. The monoisotopic (exact) mass is 307 g/mol. The van der Waals surface area contributed by atoms with Gasteiger partial charge in [-0.25, -0.2) is 4.98 Å². The molecule has 2 heterocycles. The predicted octanol–water partition coefficient (Wildman–Crippen LogP) is 2.13. The number of aryl methyl sites for hydroxylation is 1. The Balaban J connectivity index is 2.59. The number of primary amides is 1. The van der Waals surface area contributed by atoms with Crippen molar-refractivity contribution < 1.29 is 4.79 Å². The number of rotatable bonds is 6. The lowest BCUT2D eigenvalue weighted by Crippen LogP contribution is -2.39. The maximum atomic E-state index is 11.4. The van der Waals surface area contributed by atoms with Crippen LogP contribution in [0.1, 0.15) is 25.6 Å². The lowest BCUT2D eigenvalue weighted by Gasteiger charge is -2.27. The molecule has 0 atom stereocenters. The number of nitrogens with zero attached hydrogens (tertiary/aromatic N) is 3. The second-order valence-electron chi connectivity index (χ2n) is 5.16. The molecule has 0 saturated carbocycles. The topological polar surface area (TPSA) is 84.1 Å². The Kier molecular flexibility index (Phi) is 4.62. The lowest BCUT2D eigenvalue weighted by atomic mass is 10.2. The fourth-order valence-corrected chi connectivity index (χ4v) is 3.03. The first-order chi connectivity index (χ1) is 9.92. The maximum Gasteiger partial charge on any atom is 0.237 e. The molecule has 0 aliphatic carbocycles. The van der Waals surface area contributed by atoms with Gasteiger partial charge in [0.2, 0.25) is 11.9 Å². The molecule has 0 radical (unpaired) electrons. The van der Waals surface area contributed by atoms with Crippen LogP contribution in [-0.2, 0) is 4.79 Å². The molecular weight excluding hydrogens is 286 g/mol. The SMILES string of the molecule is CCNc1nc(N(CC(N)=O)C(C)C)c2cc(C)sc2n1. The highest BCUT2D eigenvalue weighted by atomic mass is 32.1. The molecule has 0 unspecified atom stereocenters. The molecule has 1 amide bonds. The summed E-state index contributed by atoms with van der Waals surface area (Å²) in [6.07, 6.45) is 0. The van der Waals surface area contributed by atoms with E-state index in [1.165, 1.54) is 0 Å². The van der Waals surface area contributed by atoms with E-state index < -0.39 is 0 Å². The van der Waals surface area contributed by atoms with Crippen LogP contribution in [0.15, 0.2) is 6.07 Å². The molecule has 2 aromatic rings. The first-order valence-electron chi connectivity index (χ1n) is 6.99. The van der Waals surface area contributed by atoms with E-state index in [1.807, 2.05) is 32.6 Å². The van der Waals surface area contributed by atoms with Crippen molar-refractivity contribution in [3.05, 3.63) is 10.9 Å². The number of hydrogen-bond acceptors (Lipinski definition) is 6. The van der Waals surface area contributed by atoms with Gasteiger partial charge in [-0.3, -0.25) is 4.79 Å². The van der Waals surface area contributed by atoms with Crippen LogP contribution in [0.2, 0.25) is 0 Å². The fraction of sp³-hybridized carbons (Fsp3) is 0.500. The molecule has 0 aromatic carbocycles. The Morgan fingerprint density at radius 2 is 2.19 bits per heavy atom. The average Bonchev–Trinajstić information content (AvgIpc) is 2.75. The van der Waals surface area contributed by atoms with Crippen LogP contribution in [0.3, 0.4) is 0 Å². The molecule has 3 N–H and O–H groups in total. The summed E-state index contributed by atoms with van der Waals surface area (Å²) >= 11 is 1.62. The Bertz CT molecular complexity index is 652. The average molecular weight is 307 g/mol. The number of hydrogen-bond donors (Lipinski definition) is 2. The van der Waals surface area contributed by atoms with Gasteiger partial charge in [0.25, 0.3) is 0 Å². The Labute approximate surface area is 128 Å². The summed E-state index contributed by atoms with van der Waals surface area (Å²) in [6.45, 7) is 8.95. The molecule has 0 aliphatic rings. The van der Waals surface area contributed by atoms with Gasteiger partial charge in [0, 0.05) is 17.5 Å². The number of fused-ring (bicyclic) bond motifs is 1. The third-order valence-electron chi connectivity index (χ3n) is 3.05. The quantitative estimate of drug-likeness (QED) is 0.854. The smallest absolute Gasteiger partial charge is 0.237 e. The van der Waals surface area contributed by atoms with E-state index in [4.69, 9.17) is 5.73 Å². The minimum absolute atomic E-state index is 0.116. The van der Waals surface area contributed by atoms with Gasteiger partial charge in [-0.2, -0.15) is 4.98 Å². The van der Waals surface area contributed by atoms with Crippen molar-refractivity contribution >= 4 is 39.2 Å². The van der Waals surface area contributed by atoms with Gasteiger partial charge in [-0.05, 0) is 33.8 Å². The number of nitrogens with two attached hydrogens (primary N) is 1. The number of aromatic nitrogens is 2. The van der Waals surface area contributed by atoms with Crippen molar-refractivity contribution in [2.45, 2.75) is 33.7 Å². The molecule has 7 heteroatoms. The zero-order valence-corrected chi connectivity index (χ0v) is 13.6. The molecule has 0 bridgehead atoms. The summed E-state index contributed by atoms with van der Waals surface area (Å²) in [4.78, 5) is 24.5. The number of anilines is 2. The molecule has 2 aromatic heterocycles. The normalized spacial score (nSPS) is 11.1. The minimum Gasteiger partial charge on any atom is -0.368 e. The van der Waals surface area contributed by atoms with E-state index in [9.17, 15) is 4.79 Å². The summed E-state index contributed by atoms with van der Waals surface area (Å²) < 4.78 is 0. The van der Waals surface area contributed by atoms with Gasteiger partial charge in [0.15, 0.2) is 0 Å². The van der Waals surface area contributed by atoms with Crippen LogP contribution in [0.4, 0.5) is 11.8 Å². The number of thiophene rings is 1. The Hall–Kier alpha value is -1.89. The molecular formula is C14H21N5OS. The van der Waals surface area contributed by atoms with Gasteiger partial charge in [-0.1, -0.05) is 0 Å². The van der Waals surface area contributed by atoms with E-state index in [0.29, 0.717) is 5.95 Å². The van der Waals surface area contributed by atoms with Crippen molar-refractivity contribution in [1.82, 2.24) is 9.97 Å². The number of nitrogens with one attached hydrogen (secondary N) is 1. The largest absolute Gasteiger partial charge is 0.368 e. The zero-order chi connectivity index (χ0) is 15.6. The van der Waals surface area contributed by atoms with E-state index in [-0.39, 0.29) is 18.5 Å². The molecule has 21 heavy (non-hydrogen) atoms. The third-order valence-corrected chi connectivity index (χ3v) is 4.00. The van der Waals surface area contributed by atoms with Gasteiger partial charge >= 0.3 is 0 Å². The van der Waals surface area contributed by atoms with Crippen molar-refractivity contribution in [1.29, 1.82) is 0 Å². The molecule has 2 rings (SSSR count). The molecule has 0 fully saturated rings. The number of carbonyl (C=O) groups is 1. The lowest BCUT2D eigenvalue weighted by molar-refractivity contribution is -0.116. The highest BCUT2D eigenvalue weighted by Gasteiger charge is 2.20. The first-order valence-corrected chi connectivity index (χ1v) is 7.81. The molecule has 0 aliphatic heterocycles. The van der Waals surface area contributed by atoms with Crippen LogP contribution >= 0.6 is 11.3 Å². The van der Waals surface area contributed by atoms with Gasteiger partial charge in [0.1, 0.15) is 10.6 Å². The third kappa shape index (κ3) is 3.41. The maximum absolute atomic E-state index is 11.4. The summed E-state index contributed by atoms with van der Waals surface area (Å²) in [6, 6.07) is 2.17. The van der Waals surface area contributed by atoms with Gasteiger partial charge in [0.05, 0.1) is 11.9 Å². The number of carbonyl (C=O) groups excluding carboxylic acids is 1. The molecule has 6 nitrogen and oxygen atoms in total. The molecule has 114 valence electrons. The van der Waals surface area contributed by atoms with Crippen LogP contribution in [0.5, 0.6) is 0 Å². The first kappa shape index (κ1) is 15.5. The van der Waals surface area contributed by atoms with Gasteiger partial charge in [-0.15, -0.1) is 11.3 Å². The highest BCUT2D eigenvalue weighted by Crippen LogP contribution is 2.32. The van der Waals surface area contributed by atoms with Crippen LogP contribution in [0.25, 0.3) is 10.2 Å². The second kappa shape index (κ2) is 6.26.